The third-order valence-electron chi connectivity index (χ3n) is 3.51. The molecule has 2 heterocycles. The first-order valence-electron chi connectivity index (χ1n) is 6.40. The number of nitrogens with zero attached hydrogens (tertiary/aromatic N) is 1. The molecule has 0 aromatic heterocycles. The van der Waals surface area contributed by atoms with Gasteiger partial charge in [-0.25, -0.2) is 0 Å². The normalized spacial score (nSPS) is 24.6. The monoisotopic (exact) mass is 266 g/mol. The number of hydrogen-bond donors (Lipinski definition) is 1. The van der Waals surface area contributed by atoms with Crippen molar-refractivity contribution in [2.45, 2.75) is 31.8 Å². The highest BCUT2D eigenvalue weighted by atomic mass is 35.5. The van der Waals surface area contributed by atoms with E-state index in [1.165, 1.54) is 5.56 Å². The molecule has 0 bridgehead atoms. The molecular weight excluding hydrogens is 248 g/mol. The third kappa shape index (κ3) is 2.07. The van der Waals surface area contributed by atoms with Gasteiger partial charge in [0.25, 0.3) is 0 Å². The molecule has 0 saturated heterocycles. The van der Waals surface area contributed by atoms with Crippen LogP contribution in [-0.2, 0) is 6.42 Å². The lowest BCUT2D eigenvalue weighted by atomic mass is 9.91. The Morgan fingerprint density at radius 2 is 2.22 bits per heavy atom. The Balaban J connectivity index is 0.00000120. The van der Waals surface area contributed by atoms with Crippen molar-refractivity contribution in [2.24, 2.45) is 4.99 Å². The average Bonchev–Trinajstić information content (AvgIpc) is 2.96. The van der Waals surface area contributed by atoms with Crippen molar-refractivity contribution in [2.75, 3.05) is 13.1 Å². The maximum Gasteiger partial charge on any atom is 0.169 e. The van der Waals surface area contributed by atoms with Gasteiger partial charge < -0.3 is 10.1 Å². The Morgan fingerprint density at radius 1 is 1.39 bits per heavy atom. The first-order chi connectivity index (χ1) is 8.34. The van der Waals surface area contributed by atoms with Gasteiger partial charge in [-0.05, 0) is 18.1 Å². The number of fused-ring (bicyclic) bond motifs is 1. The van der Waals surface area contributed by atoms with Crippen molar-refractivity contribution < 1.29 is 4.74 Å². The van der Waals surface area contributed by atoms with E-state index < -0.39 is 0 Å². The highest BCUT2D eigenvalue weighted by Gasteiger charge is 2.44. The first kappa shape index (κ1) is 13.2. The van der Waals surface area contributed by atoms with Crippen LogP contribution < -0.4 is 10.1 Å². The van der Waals surface area contributed by atoms with E-state index in [0.717, 1.165) is 43.9 Å². The number of para-hydroxylation sites is 1. The number of nitrogens with one attached hydrogen (secondary N) is 1. The van der Waals surface area contributed by atoms with Crippen LogP contribution in [0.5, 0.6) is 5.75 Å². The highest BCUT2D eigenvalue weighted by Crippen LogP contribution is 2.38. The summed E-state index contributed by atoms with van der Waals surface area (Å²) >= 11 is 0. The molecule has 3 rings (SSSR count). The molecule has 0 aliphatic carbocycles. The SMILES string of the molecule is CCCC1(C2=NCCN2)Cc2ccccc2O1.Cl. The first-order valence-corrected chi connectivity index (χ1v) is 6.40. The predicted octanol–water partition coefficient (Wildman–Crippen LogP) is 2.58. The summed E-state index contributed by atoms with van der Waals surface area (Å²) in [6.45, 7) is 4.02. The van der Waals surface area contributed by atoms with Gasteiger partial charge in [0.2, 0.25) is 0 Å². The largest absolute Gasteiger partial charge is 0.479 e. The van der Waals surface area contributed by atoms with Crippen molar-refractivity contribution in [1.82, 2.24) is 5.32 Å². The molecule has 1 N–H and O–H groups in total. The molecule has 18 heavy (non-hydrogen) atoms. The molecule has 0 spiro atoms. The molecule has 1 aromatic rings. The van der Waals surface area contributed by atoms with Crippen molar-refractivity contribution in [3.05, 3.63) is 29.8 Å². The second kappa shape index (κ2) is 5.19. The maximum absolute atomic E-state index is 6.23. The summed E-state index contributed by atoms with van der Waals surface area (Å²) in [6.07, 6.45) is 3.07. The van der Waals surface area contributed by atoms with E-state index in [1.807, 2.05) is 6.07 Å². The molecule has 0 saturated carbocycles. The van der Waals surface area contributed by atoms with Crippen LogP contribution in [0.15, 0.2) is 29.3 Å². The molecule has 3 nitrogen and oxygen atoms in total. The second-order valence-electron chi connectivity index (χ2n) is 4.79. The quantitative estimate of drug-likeness (QED) is 0.912. The average molecular weight is 267 g/mol. The molecular formula is C14H19ClN2O. The fraction of sp³-hybridized carbons (Fsp3) is 0.500. The summed E-state index contributed by atoms with van der Waals surface area (Å²) in [4.78, 5) is 4.57. The lowest BCUT2D eigenvalue weighted by Gasteiger charge is -2.28. The fourth-order valence-electron chi connectivity index (χ4n) is 2.80. The van der Waals surface area contributed by atoms with E-state index in [2.05, 4.69) is 35.4 Å². The zero-order chi connectivity index (χ0) is 11.7. The van der Waals surface area contributed by atoms with Gasteiger partial charge in [-0.2, -0.15) is 0 Å². The molecule has 1 aromatic carbocycles. The van der Waals surface area contributed by atoms with Crippen molar-refractivity contribution in [3.8, 4) is 5.75 Å². The van der Waals surface area contributed by atoms with E-state index in [0.29, 0.717) is 0 Å². The van der Waals surface area contributed by atoms with Crippen molar-refractivity contribution in [3.63, 3.8) is 0 Å². The van der Waals surface area contributed by atoms with Crippen LogP contribution >= 0.6 is 12.4 Å². The third-order valence-corrected chi connectivity index (χ3v) is 3.51. The van der Waals surface area contributed by atoms with Crippen LogP contribution in [0.4, 0.5) is 0 Å². The van der Waals surface area contributed by atoms with Gasteiger partial charge in [0, 0.05) is 13.0 Å². The lowest BCUT2D eigenvalue weighted by Crippen LogP contribution is -2.48. The van der Waals surface area contributed by atoms with Gasteiger partial charge in [-0.1, -0.05) is 31.5 Å². The number of ether oxygens (including phenoxy) is 1. The summed E-state index contributed by atoms with van der Waals surface area (Å²) < 4.78 is 6.23. The zero-order valence-electron chi connectivity index (χ0n) is 10.6. The van der Waals surface area contributed by atoms with Gasteiger partial charge in [-0.15, -0.1) is 12.4 Å². The van der Waals surface area contributed by atoms with Gasteiger partial charge in [-0.3, -0.25) is 4.99 Å². The Hall–Kier alpha value is -1.22. The number of halogens is 1. The Bertz CT molecular complexity index is 434. The van der Waals surface area contributed by atoms with Gasteiger partial charge in [0.1, 0.15) is 11.6 Å². The molecule has 0 radical (unpaired) electrons. The molecule has 2 aliphatic rings. The predicted molar refractivity (Wildman–Crippen MR) is 76.0 cm³/mol. The minimum Gasteiger partial charge on any atom is -0.479 e. The molecule has 1 unspecified atom stereocenters. The minimum absolute atomic E-state index is 0. The van der Waals surface area contributed by atoms with Crippen molar-refractivity contribution in [1.29, 1.82) is 0 Å². The smallest absolute Gasteiger partial charge is 0.169 e. The summed E-state index contributed by atoms with van der Waals surface area (Å²) in [7, 11) is 0. The Labute approximate surface area is 114 Å². The summed E-state index contributed by atoms with van der Waals surface area (Å²) in [5.74, 6) is 2.08. The van der Waals surface area contributed by atoms with Crippen LogP contribution in [0, 0.1) is 0 Å². The number of rotatable bonds is 3. The van der Waals surface area contributed by atoms with Gasteiger partial charge in [0.15, 0.2) is 5.60 Å². The summed E-state index contributed by atoms with van der Waals surface area (Å²) in [6, 6.07) is 8.32. The van der Waals surface area contributed by atoms with E-state index in [9.17, 15) is 0 Å². The topological polar surface area (TPSA) is 33.6 Å². The molecule has 0 fully saturated rings. The van der Waals surface area contributed by atoms with Crippen LogP contribution in [-0.4, -0.2) is 24.5 Å². The highest BCUT2D eigenvalue weighted by molar-refractivity contribution is 5.93. The van der Waals surface area contributed by atoms with Crippen LogP contribution in [0.1, 0.15) is 25.3 Å². The summed E-state index contributed by atoms with van der Waals surface area (Å²) in [5.41, 5.74) is 1.08. The Morgan fingerprint density at radius 3 is 2.89 bits per heavy atom. The molecule has 0 amide bonds. The maximum atomic E-state index is 6.23. The van der Waals surface area contributed by atoms with Crippen LogP contribution in [0.25, 0.3) is 0 Å². The summed E-state index contributed by atoms with van der Waals surface area (Å²) in [5, 5.41) is 3.38. The van der Waals surface area contributed by atoms with Crippen LogP contribution in [0.3, 0.4) is 0 Å². The lowest BCUT2D eigenvalue weighted by molar-refractivity contribution is 0.154. The number of benzene rings is 1. The molecule has 1 atom stereocenters. The Kier molecular flexibility index (Phi) is 3.81. The number of aliphatic imine (C=N–C) groups is 1. The van der Waals surface area contributed by atoms with E-state index in [1.54, 1.807) is 0 Å². The van der Waals surface area contributed by atoms with Crippen LogP contribution in [0.2, 0.25) is 0 Å². The van der Waals surface area contributed by atoms with Crippen molar-refractivity contribution >= 4 is 18.2 Å². The zero-order valence-corrected chi connectivity index (χ0v) is 11.4. The molecule has 4 heteroatoms. The standard InChI is InChI=1S/C14H18N2O.ClH/c1-2-7-14(13-15-8-9-16-13)10-11-5-3-4-6-12(11)17-14;/h3-6H,2,7-10H2,1H3,(H,15,16);1H. The number of hydrogen-bond acceptors (Lipinski definition) is 3. The number of amidine groups is 1. The fourth-order valence-corrected chi connectivity index (χ4v) is 2.80. The van der Waals surface area contributed by atoms with E-state index >= 15 is 0 Å². The van der Waals surface area contributed by atoms with Gasteiger partial charge >= 0.3 is 0 Å². The molecule has 98 valence electrons. The minimum atomic E-state index is -0.227. The van der Waals surface area contributed by atoms with E-state index in [4.69, 9.17) is 4.74 Å². The van der Waals surface area contributed by atoms with Gasteiger partial charge in [0.05, 0.1) is 6.54 Å². The molecule has 2 aliphatic heterocycles. The van der Waals surface area contributed by atoms with E-state index in [-0.39, 0.29) is 18.0 Å². The second-order valence-corrected chi connectivity index (χ2v) is 4.79.